The Morgan fingerprint density at radius 2 is 2.04 bits per heavy atom. The van der Waals surface area contributed by atoms with Crippen molar-refractivity contribution >= 4 is 22.6 Å². The average Bonchev–Trinajstić information content (AvgIpc) is 2.64. The number of amides is 2. The molecule has 2 aromatic rings. The van der Waals surface area contributed by atoms with Gasteiger partial charge < -0.3 is 15.7 Å². The molecule has 1 aliphatic rings. The summed E-state index contributed by atoms with van der Waals surface area (Å²) < 4.78 is 0. The van der Waals surface area contributed by atoms with E-state index in [1.165, 1.54) is 0 Å². The molecular weight excluding hydrogens is 316 g/mol. The second-order valence-electron chi connectivity index (χ2n) is 6.62. The lowest BCUT2D eigenvalue weighted by Crippen LogP contribution is -2.39. The van der Waals surface area contributed by atoms with Gasteiger partial charge in [-0.15, -0.1) is 0 Å². The maximum atomic E-state index is 12.0. The number of rotatable bonds is 6. The highest BCUT2D eigenvalue weighted by Gasteiger charge is 2.19. The fourth-order valence-electron chi connectivity index (χ4n) is 3.23. The van der Waals surface area contributed by atoms with E-state index in [1.807, 2.05) is 42.5 Å². The molecule has 2 atom stereocenters. The van der Waals surface area contributed by atoms with Crippen molar-refractivity contribution in [3.05, 3.63) is 48.0 Å². The number of nitrogens with one attached hydrogen (secondary N) is 2. The van der Waals surface area contributed by atoms with Gasteiger partial charge in [0.05, 0.1) is 6.10 Å². The summed E-state index contributed by atoms with van der Waals surface area (Å²) in [6, 6.07) is 13.9. The Morgan fingerprint density at radius 1 is 1.24 bits per heavy atom. The van der Waals surface area contributed by atoms with E-state index in [4.69, 9.17) is 0 Å². The van der Waals surface area contributed by atoms with Crippen LogP contribution in [0.1, 0.15) is 43.8 Å². The fraction of sp³-hybridized carbons (Fsp3) is 0.400. The quantitative estimate of drug-likeness (QED) is 0.756. The number of carbonyl (C=O) groups is 2. The van der Waals surface area contributed by atoms with E-state index in [-0.39, 0.29) is 24.4 Å². The molecule has 1 aliphatic heterocycles. The molecule has 2 unspecified atom stereocenters. The summed E-state index contributed by atoms with van der Waals surface area (Å²) in [6.45, 7) is 0.189. The Morgan fingerprint density at radius 3 is 2.84 bits per heavy atom. The number of fused-ring (bicyclic) bond motifs is 1. The van der Waals surface area contributed by atoms with Gasteiger partial charge in [0.15, 0.2) is 0 Å². The first kappa shape index (κ1) is 17.4. The van der Waals surface area contributed by atoms with Crippen molar-refractivity contribution in [2.75, 3.05) is 6.54 Å². The van der Waals surface area contributed by atoms with E-state index in [0.29, 0.717) is 19.3 Å². The van der Waals surface area contributed by atoms with Gasteiger partial charge in [0.25, 0.3) is 0 Å². The van der Waals surface area contributed by atoms with Crippen LogP contribution < -0.4 is 10.6 Å². The molecule has 25 heavy (non-hydrogen) atoms. The van der Waals surface area contributed by atoms with Crippen LogP contribution in [0.4, 0.5) is 0 Å². The van der Waals surface area contributed by atoms with Crippen LogP contribution in [-0.2, 0) is 9.59 Å². The minimum Gasteiger partial charge on any atom is -0.387 e. The minimum atomic E-state index is -0.733. The largest absolute Gasteiger partial charge is 0.387 e. The van der Waals surface area contributed by atoms with Gasteiger partial charge in [0.2, 0.25) is 11.8 Å². The Labute approximate surface area is 147 Å². The lowest BCUT2D eigenvalue weighted by molar-refractivity contribution is -0.125. The third-order valence-electron chi connectivity index (χ3n) is 4.69. The van der Waals surface area contributed by atoms with Gasteiger partial charge in [0, 0.05) is 25.4 Å². The Kier molecular flexibility index (Phi) is 5.66. The van der Waals surface area contributed by atoms with E-state index in [2.05, 4.69) is 10.6 Å². The van der Waals surface area contributed by atoms with E-state index >= 15 is 0 Å². The van der Waals surface area contributed by atoms with Crippen LogP contribution in [0.2, 0.25) is 0 Å². The van der Waals surface area contributed by atoms with Crippen LogP contribution in [0, 0.1) is 0 Å². The lowest BCUT2D eigenvalue weighted by atomic mass is 10.00. The normalized spacial score (nSPS) is 18.6. The third-order valence-corrected chi connectivity index (χ3v) is 4.69. The van der Waals surface area contributed by atoms with E-state index < -0.39 is 6.10 Å². The molecule has 2 aromatic carbocycles. The number of aliphatic hydroxyl groups excluding tert-OH is 1. The lowest BCUT2D eigenvalue weighted by Gasteiger charge is -2.23. The zero-order chi connectivity index (χ0) is 17.6. The van der Waals surface area contributed by atoms with E-state index in [9.17, 15) is 14.7 Å². The highest BCUT2D eigenvalue weighted by atomic mass is 16.3. The number of hydrogen-bond acceptors (Lipinski definition) is 3. The summed E-state index contributed by atoms with van der Waals surface area (Å²) in [5.41, 5.74) is 0.790. The summed E-state index contributed by atoms with van der Waals surface area (Å²) in [7, 11) is 0. The zero-order valence-corrected chi connectivity index (χ0v) is 14.2. The van der Waals surface area contributed by atoms with Crippen LogP contribution in [0.5, 0.6) is 0 Å². The minimum absolute atomic E-state index is 0.0726. The predicted molar refractivity (Wildman–Crippen MR) is 96.9 cm³/mol. The first-order valence-electron chi connectivity index (χ1n) is 8.84. The van der Waals surface area contributed by atoms with E-state index in [1.54, 1.807) is 0 Å². The second-order valence-corrected chi connectivity index (χ2v) is 6.62. The van der Waals surface area contributed by atoms with Crippen LogP contribution >= 0.6 is 0 Å². The summed E-state index contributed by atoms with van der Waals surface area (Å²) >= 11 is 0. The molecule has 1 saturated heterocycles. The van der Waals surface area contributed by atoms with Crippen molar-refractivity contribution in [2.45, 2.75) is 44.2 Å². The molecule has 5 nitrogen and oxygen atoms in total. The summed E-state index contributed by atoms with van der Waals surface area (Å²) in [5, 5.41) is 18.2. The third kappa shape index (κ3) is 4.79. The molecule has 2 amide bonds. The molecule has 0 bridgehead atoms. The summed E-state index contributed by atoms with van der Waals surface area (Å²) in [5.74, 6) is -0.0250. The first-order chi connectivity index (χ1) is 12.1. The Bertz CT molecular complexity index is 759. The maximum absolute atomic E-state index is 12.0. The van der Waals surface area contributed by atoms with Crippen molar-refractivity contribution in [1.82, 2.24) is 10.6 Å². The Hall–Kier alpha value is -2.40. The van der Waals surface area contributed by atoms with Crippen LogP contribution in [0.25, 0.3) is 10.8 Å². The molecule has 5 heteroatoms. The molecule has 1 heterocycles. The van der Waals surface area contributed by atoms with Gasteiger partial charge in [-0.05, 0) is 41.7 Å². The number of benzene rings is 2. The van der Waals surface area contributed by atoms with Gasteiger partial charge in [0.1, 0.15) is 0 Å². The Balaban J connectivity index is 1.46. The molecule has 3 rings (SSSR count). The van der Waals surface area contributed by atoms with Gasteiger partial charge in [-0.3, -0.25) is 9.59 Å². The molecule has 0 radical (unpaired) electrons. The zero-order valence-electron chi connectivity index (χ0n) is 14.2. The smallest absolute Gasteiger partial charge is 0.220 e. The molecule has 3 N–H and O–H groups in total. The highest BCUT2D eigenvalue weighted by molar-refractivity contribution is 5.83. The SMILES string of the molecule is O=C(CCC1CCCC(=O)N1)NCC(O)c1ccc2ccccc2c1. The highest BCUT2D eigenvalue weighted by Crippen LogP contribution is 2.20. The van der Waals surface area contributed by atoms with Crippen molar-refractivity contribution in [3.8, 4) is 0 Å². The summed E-state index contributed by atoms with van der Waals surface area (Å²) in [4.78, 5) is 23.3. The molecule has 0 saturated carbocycles. The molecule has 0 aromatic heterocycles. The monoisotopic (exact) mass is 340 g/mol. The average molecular weight is 340 g/mol. The van der Waals surface area contributed by atoms with Crippen molar-refractivity contribution in [3.63, 3.8) is 0 Å². The predicted octanol–water partition coefficient (Wildman–Crippen LogP) is 2.44. The van der Waals surface area contributed by atoms with Gasteiger partial charge in [-0.2, -0.15) is 0 Å². The first-order valence-corrected chi connectivity index (χ1v) is 8.84. The molecule has 1 fully saturated rings. The van der Waals surface area contributed by atoms with Crippen LogP contribution in [0.3, 0.4) is 0 Å². The molecular formula is C20H24N2O3. The standard InChI is InChI=1S/C20H24N2O3/c23-18(16-9-8-14-4-1-2-5-15(14)12-16)13-21-19(24)11-10-17-6-3-7-20(25)22-17/h1-2,4-5,8-9,12,17-18,23H,3,6-7,10-11,13H2,(H,21,24)(H,22,25). The number of carbonyl (C=O) groups excluding carboxylic acids is 2. The number of piperidine rings is 1. The van der Waals surface area contributed by atoms with Crippen molar-refractivity contribution in [1.29, 1.82) is 0 Å². The van der Waals surface area contributed by atoms with Gasteiger partial charge in [-0.25, -0.2) is 0 Å². The number of hydrogen-bond donors (Lipinski definition) is 3. The topological polar surface area (TPSA) is 78.4 Å². The number of aliphatic hydroxyl groups is 1. The fourth-order valence-corrected chi connectivity index (χ4v) is 3.23. The summed E-state index contributed by atoms with van der Waals surface area (Å²) in [6.07, 6.45) is 2.67. The molecule has 0 spiro atoms. The van der Waals surface area contributed by atoms with Crippen molar-refractivity contribution in [2.24, 2.45) is 0 Å². The van der Waals surface area contributed by atoms with Gasteiger partial charge in [-0.1, -0.05) is 36.4 Å². The maximum Gasteiger partial charge on any atom is 0.220 e. The van der Waals surface area contributed by atoms with Crippen LogP contribution in [-0.4, -0.2) is 29.5 Å². The second kappa shape index (κ2) is 8.12. The van der Waals surface area contributed by atoms with Crippen molar-refractivity contribution < 1.29 is 14.7 Å². The van der Waals surface area contributed by atoms with E-state index in [0.717, 1.165) is 29.2 Å². The molecule has 0 aliphatic carbocycles. The molecule has 132 valence electrons. The van der Waals surface area contributed by atoms with Gasteiger partial charge >= 0.3 is 0 Å². The van der Waals surface area contributed by atoms with Crippen LogP contribution in [0.15, 0.2) is 42.5 Å².